The molecule has 272 valence electrons. The summed E-state index contributed by atoms with van der Waals surface area (Å²) in [5.41, 5.74) is 8.55. The van der Waals surface area contributed by atoms with Crippen LogP contribution in [0.15, 0.2) is 47.8 Å². The summed E-state index contributed by atoms with van der Waals surface area (Å²) in [7, 11) is 1.20. The smallest absolute Gasteiger partial charge is 0.407 e. The van der Waals surface area contributed by atoms with Crippen LogP contribution in [0.2, 0.25) is 0 Å². The molecule has 0 aliphatic carbocycles. The number of thiophene rings is 1. The number of nitrogens with one attached hydrogen (secondary N) is 3. The van der Waals surface area contributed by atoms with Crippen molar-refractivity contribution in [1.29, 1.82) is 0 Å². The van der Waals surface area contributed by atoms with E-state index in [1.54, 1.807) is 52.0 Å². The standard InChI is InChI=1S/C38H41N5O8S/c1-7-12-40-35(46)28-9-8-23(31(42-28)36(47)49-6)24-18-29-26(32-22(10-13-50-29)11-14-52-32)17-25(24)34(45)43-30-20(2)15-21(16-27(30)33(39)44)19-41-37(48)51-38(3,4)5/h8-9,11,14-18H,7,10,12-13,19H2,1-6H3,(H2,39,44)(H,40,46)(H,41,48)(H,43,45). The number of methoxy groups -OCH3 is 1. The summed E-state index contributed by atoms with van der Waals surface area (Å²) in [5.74, 6) is -2.21. The van der Waals surface area contributed by atoms with Gasteiger partial charge in [-0.25, -0.2) is 14.6 Å². The fourth-order valence-corrected chi connectivity index (χ4v) is 6.68. The number of alkyl carbamates (subject to hydrolysis) is 1. The minimum Gasteiger partial charge on any atom is -0.493 e. The maximum atomic E-state index is 14.5. The molecule has 0 bridgehead atoms. The summed E-state index contributed by atoms with van der Waals surface area (Å²) < 4.78 is 16.5. The van der Waals surface area contributed by atoms with E-state index in [9.17, 15) is 24.0 Å². The number of pyridine rings is 1. The molecular weight excluding hydrogens is 687 g/mol. The number of amides is 4. The average molecular weight is 728 g/mol. The molecule has 4 amide bonds. The molecule has 5 N–H and O–H groups in total. The van der Waals surface area contributed by atoms with Crippen LogP contribution in [0.1, 0.15) is 92.5 Å². The zero-order valence-electron chi connectivity index (χ0n) is 29.9. The second-order valence-electron chi connectivity index (χ2n) is 13.1. The molecule has 4 aromatic rings. The van der Waals surface area contributed by atoms with E-state index in [0.29, 0.717) is 48.4 Å². The molecule has 0 unspecified atom stereocenters. The number of nitrogens with zero attached hydrogens (tertiary/aromatic N) is 1. The van der Waals surface area contributed by atoms with E-state index < -0.39 is 35.4 Å². The number of hydrogen-bond donors (Lipinski definition) is 4. The van der Waals surface area contributed by atoms with Crippen LogP contribution in [-0.4, -0.2) is 60.6 Å². The van der Waals surface area contributed by atoms with Gasteiger partial charge in [0.05, 0.1) is 25.0 Å². The molecule has 0 fully saturated rings. The molecule has 52 heavy (non-hydrogen) atoms. The molecule has 0 spiro atoms. The van der Waals surface area contributed by atoms with Gasteiger partial charge >= 0.3 is 12.1 Å². The molecule has 5 rings (SSSR count). The monoisotopic (exact) mass is 727 g/mol. The van der Waals surface area contributed by atoms with E-state index in [1.165, 1.54) is 30.6 Å². The van der Waals surface area contributed by atoms with Crippen LogP contribution in [0.4, 0.5) is 10.5 Å². The first-order valence-corrected chi connectivity index (χ1v) is 17.6. The Labute approximate surface area is 305 Å². The highest BCUT2D eigenvalue weighted by atomic mass is 32.1. The number of carbonyl (C=O) groups is 5. The molecule has 3 heterocycles. The minimum absolute atomic E-state index is 0.000752. The largest absolute Gasteiger partial charge is 0.493 e. The van der Waals surface area contributed by atoms with Crippen LogP contribution < -0.4 is 26.4 Å². The Hall–Kier alpha value is -5.76. The predicted octanol–water partition coefficient (Wildman–Crippen LogP) is 6.02. The number of carbonyl (C=O) groups excluding carboxylic acids is 5. The van der Waals surface area contributed by atoms with Gasteiger partial charge in [0.2, 0.25) is 0 Å². The van der Waals surface area contributed by atoms with Gasteiger partial charge in [0, 0.05) is 46.6 Å². The summed E-state index contributed by atoms with van der Waals surface area (Å²) in [5, 5.41) is 10.3. The van der Waals surface area contributed by atoms with Crippen LogP contribution >= 0.6 is 11.3 Å². The van der Waals surface area contributed by atoms with E-state index in [4.69, 9.17) is 19.9 Å². The molecular formula is C38H41N5O8S. The number of esters is 1. The van der Waals surface area contributed by atoms with Crippen LogP contribution in [0.5, 0.6) is 5.75 Å². The van der Waals surface area contributed by atoms with Crippen LogP contribution in [-0.2, 0) is 22.4 Å². The highest BCUT2D eigenvalue weighted by Crippen LogP contribution is 2.43. The van der Waals surface area contributed by atoms with Gasteiger partial charge in [-0.05, 0) is 92.6 Å². The SMILES string of the molecule is CCCNC(=O)c1ccc(-c2cc3c(cc2C(=O)Nc2c(C)cc(CNC(=O)OC(C)(C)C)cc2C(N)=O)-c2sccc2CCO3)c(C(=O)OC)n1. The number of fused-ring (bicyclic) bond motifs is 3. The summed E-state index contributed by atoms with van der Waals surface area (Å²) in [6.07, 6.45) is 0.722. The second-order valence-corrected chi connectivity index (χ2v) is 14.0. The van der Waals surface area contributed by atoms with Crippen LogP contribution in [0.3, 0.4) is 0 Å². The molecule has 0 saturated carbocycles. The Morgan fingerprint density at radius 1 is 0.962 bits per heavy atom. The van der Waals surface area contributed by atoms with Crippen molar-refractivity contribution in [2.24, 2.45) is 5.73 Å². The fraction of sp³-hybridized carbons (Fsp3) is 0.316. The number of hydrogen-bond acceptors (Lipinski definition) is 10. The molecule has 2 aromatic heterocycles. The van der Waals surface area contributed by atoms with Gasteiger partial charge < -0.3 is 35.9 Å². The highest BCUT2D eigenvalue weighted by Gasteiger charge is 2.28. The lowest BCUT2D eigenvalue weighted by Gasteiger charge is -2.20. The quantitative estimate of drug-likeness (QED) is 0.142. The van der Waals surface area contributed by atoms with Gasteiger partial charge in [-0.3, -0.25) is 14.4 Å². The molecule has 0 atom stereocenters. The first-order valence-electron chi connectivity index (χ1n) is 16.7. The number of rotatable bonds is 10. The van der Waals surface area contributed by atoms with E-state index >= 15 is 0 Å². The Morgan fingerprint density at radius 2 is 1.73 bits per heavy atom. The van der Waals surface area contributed by atoms with Gasteiger partial charge in [-0.15, -0.1) is 11.3 Å². The maximum absolute atomic E-state index is 14.5. The Kier molecular flexibility index (Phi) is 11.3. The lowest BCUT2D eigenvalue weighted by Crippen LogP contribution is -2.32. The lowest BCUT2D eigenvalue weighted by atomic mass is 9.93. The number of aryl methyl sites for hydroxylation is 1. The second kappa shape index (κ2) is 15.6. The van der Waals surface area contributed by atoms with Crippen molar-refractivity contribution in [3.05, 3.63) is 87.0 Å². The predicted molar refractivity (Wildman–Crippen MR) is 197 cm³/mol. The molecule has 1 aliphatic heterocycles. The third kappa shape index (κ3) is 8.40. The highest BCUT2D eigenvalue weighted by molar-refractivity contribution is 7.13. The van der Waals surface area contributed by atoms with E-state index in [1.807, 2.05) is 18.4 Å². The zero-order chi connectivity index (χ0) is 37.7. The van der Waals surface area contributed by atoms with Crippen LogP contribution in [0, 0.1) is 6.92 Å². The summed E-state index contributed by atoms with van der Waals surface area (Å²) >= 11 is 1.51. The summed E-state index contributed by atoms with van der Waals surface area (Å²) in [6, 6.07) is 11.6. The van der Waals surface area contributed by atoms with E-state index in [-0.39, 0.29) is 45.9 Å². The van der Waals surface area contributed by atoms with Crippen LogP contribution in [0.25, 0.3) is 21.6 Å². The number of primary amides is 1. The Balaban J connectivity index is 1.61. The summed E-state index contributed by atoms with van der Waals surface area (Å²) in [6.45, 7) is 9.69. The minimum atomic E-state index is -0.814. The normalized spacial score (nSPS) is 12.0. The number of aromatic nitrogens is 1. The maximum Gasteiger partial charge on any atom is 0.407 e. The third-order valence-electron chi connectivity index (χ3n) is 8.05. The van der Waals surface area contributed by atoms with Gasteiger partial charge in [-0.1, -0.05) is 13.0 Å². The number of anilines is 1. The fourth-order valence-electron chi connectivity index (χ4n) is 5.71. The number of benzene rings is 2. The van der Waals surface area contributed by atoms with Crippen molar-refractivity contribution < 1.29 is 38.2 Å². The Bertz CT molecular complexity index is 2070. The first kappa shape index (κ1) is 37.5. The Morgan fingerprint density at radius 3 is 2.42 bits per heavy atom. The first-order chi connectivity index (χ1) is 24.7. The van der Waals surface area contributed by atoms with Gasteiger partial charge in [0.25, 0.3) is 17.7 Å². The third-order valence-corrected chi connectivity index (χ3v) is 9.04. The van der Waals surface area contributed by atoms with Gasteiger partial charge in [0.1, 0.15) is 17.0 Å². The molecule has 1 aliphatic rings. The van der Waals surface area contributed by atoms with Crippen molar-refractivity contribution in [1.82, 2.24) is 15.6 Å². The molecule has 13 nitrogen and oxygen atoms in total. The summed E-state index contributed by atoms with van der Waals surface area (Å²) in [4.78, 5) is 70.8. The van der Waals surface area contributed by atoms with E-state index in [0.717, 1.165) is 10.4 Å². The average Bonchev–Trinajstić information content (AvgIpc) is 3.50. The molecule has 0 radical (unpaired) electrons. The van der Waals surface area contributed by atoms with Crippen molar-refractivity contribution in [3.63, 3.8) is 0 Å². The van der Waals surface area contributed by atoms with Crippen molar-refractivity contribution in [2.75, 3.05) is 25.6 Å². The lowest BCUT2D eigenvalue weighted by molar-refractivity contribution is 0.0521. The van der Waals surface area contributed by atoms with E-state index in [2.05, 4.69) is 20.9 Å². The molecule has 14 heteroatoms. The van der Waals surface area contributed by atoms with Crippen molar-refractivity contribution in [3.8, 4) is 27.3 Å². The van der Waals surface area contributed by atoms with Crippen molar-refractivity contribution >= 4 is 46.8 Å². The number of ether oxygens (including phenoxy) is 3. The molecule has 2 aromatic carbocycles. The van der Waals surface area contributed by atoms with Gasteiger partial charge in [-0.2, -0.15) is 0 Å². The molecule has 0 saturated heterocycles. The number of nitrogens with two attached hydrogens (primary N) is 1. The topological polar surface area (TPSA) is 188 Å². The van der Waals surface area contributed by atoms with Crippen molar-refractivity contribution in [2.45, 2.75) is 59.6 Å². The zero-order valence-corrected chi connectivity index (χ0v) is 30.7. The van der Waals surface area contributed by atoms with Gasteiger partial charge in [0.15, 0.2) is 5.69 Å².